The van der Waals surface area contributed by atoms with E-state index in [1.54, 1.807) is 11.1 Å². The highest BCUT2D eigenvalue weighted by molar-refractivity contribution is 5.88. The molecule has 61 heavy (non-hydrogen) atoms. The molecule has 0 aliphatic heterocycles. The lowest BCUT2D eigenvalue weighted by atomic mass is 9.69. The van der Waals surface area contributed by atoms with Crippen LogP contribution in [0.25, 0.3) is 55.6 Å². The first-order chi connectivity index (χ1) is 29.7. The minimum atomic E-state index is 0.00321. The molecule has 0 bridgehead atoms. The number of fused-ring (bicyclic) bond motifs is 3. The average Bonchev–Trinajstić information content (AvgIpc) is 3.53. The van der Waals surface area contributed by atoms with E-state index in [2.05, 4.69) is 165 Å². The number of hydrogen-bond donors (Lipinski definition) is 0. The van der Waals surface area contributed by atoms with Crippen LogP contribution in [0, 0.1) is 27.7 Å². The Morgan fingerprint density at radius 3 is 1.07 bits per heavy atom. The molecule has 0 unspecified atom stereocenters. The van der Waals surface area contributed by atoms with Crippen LogP contribution in [0.1, 0.15) is 162 Å². The van der Waals surface area contributed by atoms with Gasteiger partial charge in [-0.05, 0) is 167 Å². The summed E-state index contributed by atoms with van der Waals surface area (Å²) in [5.41, 5.74) is 25.4. The first-order valence-corrected chi connectivity index (χ1v) is 24.4. The zero-order valence-electron chi connectivity index (χ0n) is 39.2. The molecule has 0 spiro atoms. The molecular weight excluding hydrogens is 733 g/mol. The molecule has 7 rings (SSSR count). The lowest BCUT2D eigenvalue weighted by Gasteiger charge is -2.33. The molecule has 0 aromatic heterocycles. The van der Waals surface area contributed by atoms with E-state index in [9.17, 15) is 0 Å². The monoisotopic (exact) mass is 807 g/mol. The van der Waals surface area contributed by atoms with Crippen LogP contribution >= 0.6 is 0 Å². The van der Waals surface area contributed by atoms with E-state index in [4.69, 9.17) is 0 Å². The van der Waals surface area contributed by atoms with Crippen LogP contribution in [0.5, 0.6) is 0 Å². The second-order valence-electron chi connectivity index (χ2n) is 18.8. The van der Waals surface area contributed by atoms with Crippen LogP contribution < -0.4 is 0 Å². The largest absolute Gasteiger partial charge is 0.0654 e. The highest BCUT2D eigenvalue weighted by Gasteiger charge is 2.42. The van der Waals surface area contributed by atoms with Gasteiger partial charge in [-0.25, -0.2) is 0 Å². The van der Waals surface area contributed by atoms with Gasteiger partial charge >= 0.3 is 0 Å². The van der Waals surface area contributed by atoms with Crippen LogP contribution in [0.15, 0.2) is 109 Å². The molecule has 0 saturated heterocycles. The van der Waals surface area contributed by atoms with E-state index in [0.717, 1.165) is 12.8 Å². The molecule has 1 aliphatic rings. The standard InChI is InChI=1S/C61H74/c1-9-13-17-19-35-61(36-20-18-14-10-2)59-41-51(55-31-25-49(39-47(55)21-15-11-3)53-29-23-43(5)37-45(53)7)27-33-57(59)58-34-28-52(42-60(58)61)56-32-26-50(40-48(56)22-16-12-4)54-30-24-44(6)38-46(54)8/h23-34,37-42H,9-22,35-36H2,1-8H3. The van der Waals surface area contributed by atoms with Gasteiger partial charge in [-0.1, -0.05) is 200 Å². The molecule has 6 aromatic carbocycles. The predicted octanol–water partition coefficient (Wildman–Crippen LogP) is 18.5. The minimum Gasteiger partial charge on any atom is -0.0654 e. The molecule has 318 valence electrons. The van der Waals surface area contributed by atoms with Crippen LogP contribution in [-0.4, -0.2) is 0 Å². The Morgan fingerprint density at radius 1 is 0.328 bits per heavy atom. The van der Waals surface area contributed by atoms with Gasteiger partial charge in [0.1, 0.15) is 0 Å². The highest BCUT2D eigenvalue weighted by Crippen LogP contribution is 2.56. The third-order valence-electron chi connectivity index (χ3n) is 14.1. The summed E-state index contributed by atoms with van der Waals surface area (Å²) in [4.78, 5) is 0. The second kappa shape index (κ2) is 20.5. The smallest absolute Gasteiger partial charge is 0.0215 e. The van der Waals surface area contributed by atoms with Crippen LogP contribution in [-0.2, 0) is 18.3 Å². The lowest BCUT2D eigenvalue weighted by Crippen LogP contribution is -2.25. The van der Waals surface area contributed by atoms with Gasteiger partial charge in [-0.15, -0.1) is 0 Å². The fourth-order valence-corrected chi connectivity index (χ4v) is 10.7. The Kier molecular flexibility index (Phi) is 14.9. The van der Waals surface area contributed by atoms with Crippen molar-refractivity contribution in [3.63, 3.8) is 0 Å². The fraction of sp³-hybridized carbons (Fsp3) is 0.410. The van der Waals surface area contributed by atoms with Gasteiger partial charge in [0.2, 0.25) is 0 Å². The zero-order chi connectivity index (χ0) is 42.9. The maximum atomic E-state index is 2.67. The summed E-state index contributed by atoms with van der Waals surface area (Å²) in [6.07, 6.45) is 19.7. The van der Waals surface area contributed by atoms with Crippen molar-refractivity contribution >= 4 is 0 Å². The maximum Gasteiger partial charge on any atom is 0.0215 e. The number of rotatable bonds is 20. The van der Waals surface area contributed by atoms with E-state index in [1.807, 2.05) is 0 Å². The zero-order valence-corrected chi connectivity index (χ0v) is 39.2. The molecule has 0 nitrogen and oxygen atoms in total. The van der Waals surface area contributed by atoms with Crippen LogP contribution in [0.3, 0.4) is 0 Å². The second-order valence-corrected chi connectivity index (χ2v) is 18.8. The van der Waals surface area contributed by atoms with Gasteiger partial charge in [0.05, 0.1) is 0 Å². The summed E-state index contributed by atoms with van der Waals surface area (Å²) in [7, 11) is 0. The number of unbranched alkanes of at least 4 members (excludes halogenated alkanes) is 8. The van der Waals surface area contributed by atoms with Gasteiger partial charge < -0.3 is 0 Å². The van der Waals surface area contributed by atoms with Crippen molar-refractivity contribution in [1.29, 1.82) is 0 Å². The van der Waals surface area contributed by atoms with Crippen molar-refractivity contribution in [2.45, 2.75) is 164 Å². The Bertz CT molecular complexity index is 2250. The summed E-state index contributed by atoms with van der Waals surface area (Å²) in [5, 5.41) is 0. The molecule has 0 N–H and O–H groups in total. The number of aryl methyl sites for hydroxylation is 6. The van der Waals surface area contributed by atoms with Crippen molar-refractivity contribution in [3.8, 4) is 55.6 Å². The summed E-state index contributed by atoms with van der Waals surface area (Å²) in [6, 6.07) is 43.8. The average molecular weight is 807 g/mol. The number of hydrogen-bond acceptors (Lipinski definition) is 0. The Labute approximate surface area is 371 Å². The molecule has 0 heteroatoms. The summed E-state index contributed by atoms with van der Waals surface area (Å²) in [6.45, 7) is 18.3. The lowest BCUT2D eigenvalue weighted by molar-refractivity contribution is 0.401. The molecule has 0 atom stereocenters. The molecule has 6 aromatic rings. The van der Waals surface area contributed by atoms with Crippen LogP contribution in [0.2, 0.25) is 0 Å². The van der Waals surface area contributed by atoms with Crippen molar-refractivity contribution < 1.29 is 0 Å². The van der Waals surface area contributed by atoms with E-state index >= 15 is 0 Å². The van der Waals surface area contributed by atoms with Crippen molar-refractivity contribution in [2.75, 3.05) is 0 Å². The molecule has 0 radical (unpaired) electrons. The first-order valence-electron chi connectivity index (χ1n) is 24.4. The molecule has 1 aliphatic carbocycles. The van der Waals surface area contributed by atoms with Gasteiger partial charge in [-0.2, -0.15) is 0 Å². The molecular formula is C61H74. The van der Waals surface area contributed by atoms with E-state index in [-0.39, 0.29) is 5.41 Å². The van der Waals surface area contributed by atoms with E-state index < -0.39 is 0 Å². The van der Waals surface area contributed by atoms with Gasteiger partial charge in [0.25, 0.3) is 0 Å². The van der Waals surface area contributed by atoms with Crippen molar-refractivity contribution in [3.05, 3.63) is 154 Å². The SMILES string of the molecule is CCCCCCC1(CCCCCC)c2cc(-c3ccc(-c4ccc(C)cc4C)cc3CCCC)ccc2-c2ccc(-c3ccc(-c4ccc(C)cc4C)cc3CCCC)cc21. The van der Waals surface area contributed by atoms with Crippen molar-refractivity contribution in [2.24, 2.45) is 0 Å². The van der Waals surface area contributed by atoms with Crippen molar-refractivity contribution in [1.82, 2.24) is 0 Å². The first kappa shape index (κ1) is 44.4. The molecule has 0 amide bonds. The Balaban J connectivity index is 1.37. The van der Waals surface area contributed by atoms with Gasteiger partial charge in [-0.3, -0.25) is 0 Å². The van der Waals surface area contributed by atoms with Gasteiger partial charge in [0, 0.05) is 5.41 Å². The van der Waals surface area contributed by atoms with Crippen LogP contribution in [0.4, 0.5) is 0 Å². The quantitative estimate of drug-likeness (QED) is 0.0674. The number of benzene rings is 6. The molecule has 0 heterocycles. The third-order valence-corrected chi connectivity index (χ3v) is 14.1. The fourth-order valence-electron chi connectivity index (χ4n) is 10.7. The molecule has 0 saturated carbocycles. The Hall–Kier alpha value is -4.68. The maximum absolute atomic E-state index is 2.67. The predicted molar refractivity (Wildman–Crippen MR) is 268 cm³/mol. The van der Waals surface area contributed by atoms with Gasteiger partial charge in [0.15, 0.2) is 0 Å². The summed E-state index contributed by atoms with van der Waals surface area (Å²) in [5.74, 6) is 0. The third kappa shape index (κ3) is 9.70. The summed E-state index contributed by atoms with van der Waals surface area (Å²) >= 11 is 0. The minimum absolute atomic E-state index is 0.00321. The highest BCUT2D eigenvalue weighted by atomic mass is 14.5. The summed E-state index contributed by atoms with van der Waals surface area (Å²) < 4.78 is 0. The van der Waals surface area contributed by atoms with E-state index in [0.29, 0.717) is 0 Å². The Morgan fingerprint density at radius 2 is 0.689 bits per heavy atom. The normalized spacial score (nSPS) is 12.8. The topological polar surface area (TPSA) is 0 Å². The molecule has 0 fully saturated rings. The van der Waals surface area contributed by atoms with E-state index in [1.165, 1.54) is 179 Å².